The lowest BCUT2D eigenvalue weighted by molar-refractivity contribution is -0.121. The van der Waals surface area contributed by atoms with E-state index in [-0.39, 0.29) is 11.9 Å². The van der Waals surface area contributed by atoms with E-state index in [1.54, 1.807) is 12.4 Å². The maximum Gasteiger partial charge on any atom is 0.222 e. The highest BCUT2D eigenvalue weighted by molar-refractivity contribution is 5.76. The summed E-state index contributed by atoms with van der Waals surface area (Å²) in [6.07, 6.45) is 8.64. The first-order valence-corrected chi connectivity index (χ1v) is 8.57. The Morgan fingerprint density at radius 1 is 1.20 bits per heavy atom. The number of aryl methyl sites for hydroxylation is 2. The van der Waals surface area contributed by atoms with Crippen LogP contribution in [0.25, 0.3) is 5.69 Å². The number of carbonyl (C=O) groups excluding carboxylic acids is 1. The van der Waals surface area contributed by atoms with Crippen LogP contribution in [0, 0.1) is 0 Å². The van der Waals surface area contributed by atoms with E-state index < -0.39 is 0 Å². The molecule has 6 nitrogen and oxygen atoms in total. The summed E-state index contributed by atoms with van der Waals surface area (Å²) < 4.78 is 3.85. The minimum absolute atomic E-state index is 0.0264. The first kappa shape index (κ1) is 17.0. The quantitative estimate of drug-likeness (QED) is 0.721. The molecular formula is C19H23N5O. The highest BCUT2D eigenvalue weighted by atomic mass is 16.1. The van der Waals surface area contributed by atoms with Crippen LogP contribution in [-0.4, -0.2) is 25.2 Å². The number of nitrogens with zero attached hydrogens (tertiary/aromatic N) is 4. The molecule has 0 spiro atoms. The number of hydrogen-bond acceptors (Lipinski definition) is 3. The van der Waals surface area contributed by atoms with Crippen molar-refractivity contribution in [2.24, 2.45) is 0 Å². The first-order valence-electron chi connectivity index (χ1n) is 8.57. The van der Waals surface area contributed by atoms with Crippen LogP contribution in [-0.2, 0) is 17.8 Å². The average molecular weight is 337 g/mol. The molecule has 6 heteroatoms. The molecule has 0 aliphatic heterocycles. The van der Waals surface area contributed by atoms with Crippen molar-refractivity contribution in [3.8, 4) is 5.69 Å². The van der Waals surface area contributed by atoms with Gasteiger partial charge in [-0.05, 0) is 24.6 Å². The van der Waals surface area contributed by atoms with Crippen molar-refractivity contribution in [2.75, 3.05) is 0 Å². The molecule has 0 radical (unpaired) electrons. The van der Waals surface area contributed by atoms with Gasteiger partial charge in [0.25, 0.3) is 0 Å². The zero-order chi connectivity index (χ0) is 17.6. The standard InChI is InChI=1S/C19H23N5O/c1-3-18-20-11-14-23(18)13-9-19(25)22-15(2)16-7-4-5-8-17(16)24-12-6-10-21-24/h4-8,10-12,14-15H,3,9,13H2,1-2H3,(H,22,25)/t15-/m0/s1. The Balaban J connectivity index is 1.64. The molecule has 2 aromatic heterocycles. The van der Waals surface area contributed by atoms with Crippen LogP contribution in [0.3, 0.4) is 0 Å². The molecule has 3 rings (SSSR count). The van der Waals surface area contributed by atoms with Gasteiger partial charge in [0.2, 0.25) is 5.91 Å². The maximum atomic E-state index is 12.4. The van der Waals surface area contributed by atoms with E-state index >= 15 is 0 Å². The number of amides is 1. The van der Waals surface area contributed by atoms with E-state index in [4.69, 9.17) is 0 Å². The van der Waals surface area contributed by atoms with Crippen molar-refractivity contribution in [1.29, 1.82) is 0 Å². The molecule has 130 valence electrons. The molecule has 0 saturated carbocycles. The fourth-order valence-corrected chi connectivity index (χ4v) is 2.95. The summed E-state index contributed by atoms with van der Waals surface area (Å²) in [6.45, 7) is 4.70. The van der Waals surface area contributed by atoms with Crippen LogP contribution < -0.4 is 5.32 Å². The highest BCUT2D eigenvalue weighted by Gasteiger charge is 2.14. The van der Waals surface area contributed by atoms with Gasteiger partial charge in [-0.25, -0.2) is 9.67 Å². The van der Waals surface area contributed by atoms with Crippen LogP contribution in [0.5, 0.6) is 0 Å². The Labute approximate surface area is 147 Å². The molecule has 1 N–H and O–H groups in total. The third kappa shape index (κ3) is 3.96. The Morgan fingerprint density at radius 2 is 2.04 bits per heavy atom. The maximum absolute atomic E-state index is 12.4. The molecule has 0 aliphatic rings. The summed E-state index contributed by atoms with van der Waals surface area (Å²) in [5, 5.41) is 7.38. The van der Waals surface area contributed by atoms with Crippen molar-refractivity contribution in [3.05, 3.63) is 66.5 Å². The number of hydrogen-bond donors (Lipinski definition) is 1. The van der Waals surface area contributed by atoms with Crippen LogP contribution in [0.15, 0.2) is 55.1 Å². The number of rotatable bonds is 7. The summed E-state index contributed by atoms with van der Waals surface area (Å²) in [7, 11) is 0. The van der Waals surface area contributed by atoms with Crippen molar-refractivity contribution in [1.82, 2.24) is 24.6 Å². The Bertz CT molecular complexity index is 822. The van der Waals surface area contributed by atoms with Gasteiger partial charge in [-0.15, -0.1) is 0 Å². The van der Waals surface area contributed by atoms with Gasteiger partial charge in [-0.3, -0.25) is 4.79 Å². The summed E-state index contributed by atoms with van der Waals surface area (Å²) in [5.74, 6) is 1.03. The Morgan fingerprint density at radius 3 is 2.80 bits per heavy atom. The van der Waals surface area contributed by atoms with Crippen LogP contribution >= 0.6 is 0 Å². The van der Waals surface area contributed by atoms with Crippen LogP contribution in [0.4, 0.5) is 0 Å². The molecule has 0 aliphatic carbocycles. The summed E-state index contributed by atoms with van der Waals surface area (Å²) in [5.41, 5.74) is 2.01. The van der Waals surface area contributed by atoms with Gasteiger partial charge in [0.05, 0.1) is 11.7 Å². The second-order valence-electron chi connectivity index (χ2n) is 5.94. The second-order valence-corrected chi connectivity index (χ2v) is 5.94. The fraction of sp³-hybridized carbons (Fsp3) is 0.316. The second kappa shape index (κ2) is 7.79. The van der Waals surface area contributed by atoms with E-state index in [0.717, 1.165) is 23.5 Å². The highest BCUT2D eigenvalue weighted by Crippen LogP contribution is 2.21. The molecule has 0 fully saturated rings. The first-order chi connectivity index (χ1) is 12.2. The average Bonchev–Trinajstić information content (AvgIpc) is 3.31. The predicted molar refractivity (Wildman–Crippen MR) is 96.3 cm³/mol. The Hall–Kier alpha value is -2.89. The van der Waals surface area contributed by atoms with Gasteiger partial charge >= 0.3 is 0 Å². The van der Waals surface area contributed by atoms with Crippen LogP contribution in [0.2, 0.25) is 0 Å². The van der Waals surface area contributed by atoms with E-state index in [1.807, 2.05) is 58.9 Å². The normalized spacial score (nSPS) is 12.1. The number of aromatic nitrogens is 4. The lowest BCUT2D eigenvalue weighted by Crippen LogP contribution is -2.28. The van der Waals surface area contributed by atoms with Gasteiger partial charge in [-0.2, -0.15) is 5.10 Å². The third-order valence-corrected chi connectivity index (χ3v) is 4.23. The fourth-order valence-electron chi connectivity index (χ4n) is 2.95. The number of benzene rings is 1. The molecule has 0 bridgehead atoms. The minimum Gasteiger partial charge on any atom is -0.349 e. The zero-order valence-corrected chi connectivity index (χ0v) is 14.6. The monoisotopic (exact) mass is 337 g/mol. The van der Waals surface area contributed by atoms with Crippen molar-refractivity contribution < 1.29 is 4.79 Å². The van der Waals surface area contributed by atoms with Gasteiger partial charge in [0.15, 0.2) is 0 Å². The van der Waals surface area contributed by atoms with E-state index in [9.17, 15) is 4.79 Å². The van der Waals surface area contributed by atoms with E-state index in [2.05, 4.69) is 22.3 Å². The van der Waals surface area contributed by atoms with Gasteiger partial charge in [0, 0.05) is 44.2 Å². The molecule has 0 unspecified atom stereocenters. The van der Waals surface area contributed by atoms with Crippen LogP contribution in [0.1, 0.15) is 37.7 Å². The number of carbonyl (C=O) groups is 1. The topological polar surface area (TPSA) is 64.7 Å². The summed E-state index contributed by atoms with van der Waals surface area (Å²) >= 11 is 0. The summed E-state index contributed by atoms with van der Waals surface area (Å²) in [6, 6.07) is 9.76. The molecule has 1 aromatic carbocycles. The molecular weight excluding hydrogens is 314 g/mol. The lowest BCUT2D eigenvalue weighted by Gasteiger charge is -2.18. The molecule has 1 atom stereocenters. The molecule has 25 heavy (non-hydrogen) atoms. The molecule has 2 heterocycles. The van der Waals surface area contributed by atoms with E-state index in [1.165, 1.54) is 0 Å². The van der Waals surface area contributed by atoms with Gasteiger partial charge in [-0.1, -0.05) is 25.1 Å². The third-order valence-electron chi connectivity index (χ3n) is 4.23. The zero-order valence-electron chi connectivity index (χ0n) is 14.6. The molecule has 0 saturated heterocycles. The van der Waals surface area contributed by atoms with Crippen molar-refractivity contribution in [3.63, 3.8) is 0 Å². The number of para-hydroxylation sites is 1. The minimum atomic E-state index is -0.0960. The number of imidazole rings is 1. The van der Waals surface area contributed by atoms with Gasteiger partial charge < -0.3 is 9.88 Å². The Kier molecular flexibility index (Phi) is 5.28. The van der Waals surface area contributed by atoms with E-state index in [0.29, 0.717) is 13.0 Å². The molecule has 3 aromatic rings. The van der Waals surface area contributed by atoms with Gasteiger partial charge in [0.1, 0.15) is 5.82 Å². The molecule has 1 amide bonds. The van der Waals surface area contributed by atoms with Crippen molar-refractivity contribution >= 4 is 5.91 Å². The van der Waals surface area contributed by atoms with Crippen molar-refractivity contribution in [2.45, 2.75) is 39.3 Å². The SMILES string of the molecule is CCc1nccn1CCC(=O)N[C@@H](C)c1ccccc1-n1cccn1. The predicted octanol–water partition coefficient (Wildman–Crippen LogP) is 2.90. The largest absolute Gasteiger partial charge is 0.349 e. The number of nitrogens with one attached hydrogen (secondary N) is 1. The smallest absolute Gasteiger partial charge is 0.222 e. The summed E-state index contributed by atoms with van der Waals surface area (Å²) in [4.78, 5) is 16.6. The lowest BCUT2D eigenvalue weighted by atomic mass is 10.1.